The van der Waals surface area contributed by atoms with E-state index in [1.807, 2.05) is 6.92 Å². The summed E-state index contributed by atoms with van der Waals surface area (Å²) in [6.45, 7) is 5.41. The number of anilines is 2. The molecule has 170 valence electrons. The highest BCUT2D eigenvalue weighted by Crippen LogP contribution is 2.28. The molecule has 0 aliphatic carbocycles. The first kappa shape index (κ1) is 23.4. The average Bonchev–Trinajstić information content (AvgIpc) is 3.30. The molecule has 32 heavy (non-hydrogen) atoms. The van der Waals surface area contributed by atoms with Gasteiger partial charge in [-0.3, -0.25) is 19.1 Å². The van der Waals surface area contributed by atoms with Crippen LogP contribution in [-0.2, 0) is 21.8 Å². The lowest BCUT2D eigenvalue weighted by Gasteiger charge is -2.20. The van der Waals surface area contributed by atoms with Crippen molar-refractivity contribution in [2.24, 2.45) is 7.05 Å². The smallest absolute Gasteiger partial charge is 0.350 e. The third-order valence-corrected chi connectivity index (χ3v) is 7.42. The minimum Gasteiger partial charge on any atom is -0.462 e. The Balaban J connectivity index is 1.90. The number of hydrogen-bond donors (Lipinski definition) is 1. The van der Waals surface area contributed by atoms with Crippen molar-refractivity contribution in [3.05, 3.63) is 52.2 Å². The number of aromatic nitrogens is 3. The van der Waals surface area contributed by atoms with Crippen LogP contribution in [0.5, 0.6) is 0 Å². The van der Waals surface area contributed by atoms with Crippen molar-refractivity contribution in [1.82, 2.24) is 14.8 Å². The van der Waals surface area contributed by atoms with Gasteiger partial charge in [-0.2, -0.15) is 5.10 Å². The second-order valence-corrected chi connectivity index (χ2v) is 9.87. The molecule has 12 heteroatoms. The van der Waals surface area contributed by atoms with Crippen LogP contribution in [0, 0.1) is 13.8 Å². The van der Waals surface area contributed by atoms with E-state index in [1.165, 1.54) is 30.1 Å². The van der Waals surface area contributed by atoms with Gasteiger partial charge in [0.25, 0.3) is 15.9 Å². The zero-order valence-electron chi connectivity index (χ0n) is 18.2. The first-order valence-electron chi connectivity index (χ1n) is 9.59. The number of carbonyl (C=O) groups excluding carboxylic acids is 2. The number of nitrogens with one attached hydrogen (secondary N) is 1. The van der Waals surface area contributed by atoms with Gasteiger partial charge >= 0.3 is 5.97 Å². The quantitative estimate of drug-likeness (QED) is 0.519. The predicted molar refractivity (Wildman–Crippen MR) is 121 cm³/mol. The van der Waals surface area contributed by atoms with Crippen LogP contribution >= 0.6 is 11.3 Å². The molecule has 1 amide bonds. The number of thiazole rings is 1. The molecule has 0 unspecified atom stereocenters. The van der Waals surface area contributed by atoms with Gasteiger partial charge in [-0.15, -0.1) is 0 Å². The zero-order chi connectivity index (χ0) is 23.6. The molecule has 0 fully saturated rings. The molecular formula is C20H23N5O5S2. The first-order valence-corrected chi connectivity index (χ1v) is 11.9. The largest absolute Gasteiger partial charge is 0.462 e. The monoisotopic (exact) mass is 477 g/mol. The van der Waals surface area contributed by atoms with Crippen molar-refractivity contribution in [2.75, 3.05) is 23.3 Å². The van der Waals surface area contributed by atoms with E-state index in [4.69, 9.17) is 4.74 Å². The Hall–Kier alpha value is -3.25. The summed E-state index contributed by atoms with van der Waals surface area (Å²) in [5, 5.41) is 6.85. The van der Waals surface area contributed by atoms with E-state index in [0.717, 1.165) is 21.2 Å². The molecule has 0 aliphatic heterocycles. The zero-order valence-corrected chi connectivity index (χ0v) is 19.9. The van der Waals surface area contributed by atoms with E-state index < -0.39 is 21.9 Å². The standard InChI is InChI=1S/C20H23N5O5S2/c1-6-30-19(27)16-13(3)22-20(31-16)23-17(26)15-11-21-24(4)18(15)25(5)32(28,29)14-9-7-12(2)8-10-14/h7-11H,6H2,1-5H3,(H,22,23,26). The summed E-state index contributed by atoms with van der Waals surface area (Å²) in [6.07, 6.45) is 1.28. The summed E-state index contributed by atoms with van der Waals surface area (Å²) in [4.78, 5) is 29.5. The maximum absolute atomic E-state index is 13.1. The van der Waals surface area contributed by atoms with Crippen molar-refractivity contribution in [3.8, 4) is 0 Å². The van der Waals surface area contributed by atoms with Crippen LogP contribution < -0.4 is 9.62 Å². The lowest BCUT2D eigenvalue weighted by atomic mass is 10.2. The summed E-state index contributed by atoms with van der Waals surface area (Å²) in [6, 6.07) is 6.41. The Bertz CT molecular complexity index is 1260. The van der Waals surface area contributed by atoms with E-state index in [9.17, 15) is 18.0 Å². The molecule has 0 saturated heterocycles. The topological polar surface area (TPSA) is 123 Å². The SMILES string of the molecule is CCOC(=O)c1sc(NC(=O)c2cnn(C)c2N(C)S(=O)(=O)c2ccc(C)cc2)nc1C. The number of hydrogen-bond acceptors (Lipinski definition) is 8. The minimum absolute atomic E-state index is 0.0382. The number of carbonyl (C=O) groups is 2. The van der Waals surface area contributed by atoms with E-state index in [1.54, 1.807) is 33.0 Å². The van der Waals surface area contributed by atoms with Crippen LogP contribution in [-0.4, -0.2) is 48.7 Å². The van der Waals surface area contributed by atoms with Gasteiger partial charge in [-0.1, -0.05) is 29.0 Å². The van der Waals surface area contributed by atoms with Crippen LogP contribution in [0.1, 0.15) is 38.2 Å². The van der Waals surface area contributed by atoms with Gasteiger partial charge in [-0.05, 0) is 32.9 Å². The van der Waals surface area contributed by atoms with Crippen molar-refractivity contribution >= 4 is 44.2 Å². The lowest BCUT2D eigenvalue weighted by molar-refractivity contribution is 0.0531. The second kappa shape index (κ2) is 9.09. The van der Waals surface area contributed by atoms with Crippen molar-refractivity contribution in [3.63, 3.8) is 0 Å². The third-order valence-electron chi connectivity index (χ3n) is 4.61. The minimum atomic E-state index is -3.93. The van der Waals surface area contributed by atoms with E-state index >= 15 is 0 Å². The maximum atomic E-state index is 13.1. The summed E-state index contributed by atoms with van der Waals surface area (Å²) < 4.78 is 33.5. The number of esters is 1. The summed E-state index contributed by atoms with van der Waals surface area (Å²) in [5.41, 5.74) is 1.39. The maximum Gasteiger partial charge on any atom is 0.350 e. The number of amides is 1. The lowest BCUT2D eigenvalue weighted by Crippen LogP contribution is -2.30. The molecule has 0 bridgehead atoms. The highest BCUT2D eigenvalue weighted by Gasteiger charge is 2.29. The Morgan fingerprint density at radius 2 is 1.88 bits per heavy atom. The van der Waals surface area contributed by atoms with Crippen LogP contribution in [0.2, 0.25) is 0 Å². The first-order chi connectivity index (χ1) is 15.1. The van der Waals surface area contributed by atoms with Crippen LogP contribution in [0.15, 0.2) is 35.4 Å². The number of rotatable bonds is 7. The summed E-state index contributed by atoms with van der Waals surface area (Å²) in [7, 11) is -1.03. The molecule has 3 aromatic rings. The Labute approximate surface area is 189 Å². The number of benzene rings is 1. The molecule has 10 nitrogen and oxygen atoms in total. The van der Waals surface area contributed by atoms with Crippen LogP contribution in [0.4, 0.5) is 10.9 Å². The number of ether oxygens (including phenoxy) is 1. The Morgan fingerprint density at radius 1 is 1.22 bits per heavy atom. The van der Waals surface area contributed by atoms with Crippen molar-refractivity contribution in [2.45, 2.75) is 25.7 Å². The summed E-state index contributed by atoms with van der Waals surface area (Å²) >= 11 is 0.979. The van der Waals surface area contributed by atoms with Gasteiger partial charge in [0.2, 0.25) is 0 Å². The number of sulfonamides is 1. The predicted octanol–water partition coefficient (Wildman–Crippen LogP) is 2.75. The Kier molecular flexibility index (Phi) is 6.65. The molecule has 2 heterocycles. The molecular weight excluding hydrogens is 454 g/mol. The molecule has 1 aromatic carbocycles. The number of nitrogens with zero attached hydrogens (tertiary/aromatic N) is 4. The van der Waals surface area contributed by atoms with Crippen molar-refractivity contribution < 1.29 is 22.7 Å². The molecule has 0 aliphatic rings. The van der Waals surface area contributed by atoms with Gasteiger partial charge in [0.15, 0.2) is 10.9 Å². The van der Waals surface area contributed by atoms with Crippen LogP contribution in [0.3, 0.4) is 0 Å². The normalized spacial score (nSPS) is 11.3. The van der Waals surface area contributed by atoms with Gasteiger partial charge in [0.05, 0.1) is 23.4 Å². The van der Waals surface area contributed by atoms with Gasteiger partial charge in [0, 0.05) is 14.1 Å². The van der Waals surface area contributed by atoms with Gasteiger partial charge in [0.1, 0.15) is 10.4 Å². The molecule has 0 atom stereocenters. The molecule has 3 rings (SSSR count). The third kappa shape index (κ3) is 4.50. The second-order valence-electron chi connectivity index (χ2n) is 6.90. The molecule has 0 saturated carbocycles. The van der Waals surface area contributed by atoms with Gasteiger partial charge in [-0.25, -0.2) is 18.2 Å². The van der Waals surface area contributed by atoms with E-state index in [2.05, 4.69) is 15.4 Å². The van der Waals surface area contributed by atoms with Crippen LogP contribution in [0.25, 0.3) is 0 Å². The molecule has 2 aromatic heterocycles. The fourth-order valence-electron chi connectivity index (χ4n) is 2.95. The molecule has 1 N–H and O–H groups in total. The summed E-state index contributed by atoms with van der Waals surface area (Å²) in [5.74, 6) is -1.04. The highest BCUT2D eigenvalue weighted by molar-refractivity contribution is 7.92. The van der Waals surface area contributed by atoms with E-state index in [-0.39, 0.29) is 32.9 Å². The van der Waals surface area contributed by atoms with E-state index in [0.29, 0.717) is 5.69 Å². The van der Waals surface area contributed by atoms with Gasteiger partial charge < -0.3 is 4.74 Å². The Morgan fingerprint density at radius 3 is 2.50 bits per heavy atom. The fourth-order valence-corrected chi connectivity index (χ4v) is 5.04. The average molecular weight is 478 g/mol. The number of aryl methyl sites for hydroxylation is 3. The highest BCUT2D eigenvalue weighted by atomic mass is 32.2. The molecule has 0 radical (unpaired) electrons. The fraction of sp³-hybridized carbons (Fsp3) is 0.300. The van der Waals surface area contributed by atoms with Crippen molar-refractivity contribution in [1.29, 1.82) is 0 Å². The molecule has 0 spiro atoms.